The van der Waals surface area contributed by atoms with Gasteiger partial charge in [-0.3, -0.25) is 28.8 Å². The number of carbonyl (C=O) groups is 7. The standard InChI is InChI=1S/C41H77BN6O8.C2H6.CH2O2/c1-33(48-42)23-18-21-30-44-36(49)25-16-14-20-32-46-40(54)34(43)24-19-22-31-45-37(50)29-28-35(41(55)56)47-38(51)26-15-12-10-8-6-4-2-3-5-7-9-11-13-17-27-39(52)53;1-2;2-1-3/h33-35,48H,2-32,43H2,1H3,(H,44,49)(H,45,50)(H,46,54)(H,47,51)(H,52,53)(H,55,56);1-2H3;1H,(H,2,3)/t33?,34?,35-;;/m0../s1. The maximum atomic E-state index is 12.3. The topological polar surface area (TPSA) is 266 Å². The minimum absolute atomic E-state index is 0.00556. The predicted molar refractivity (Wildman–Crippen MR) is 242 cm³/mol. The first-order chi connectivity index (χ1) is 29.4. The van der Waals surface area contributed by atoms with E-state index >= 15 is 0 Å². The maximum absolute atomic E-state index is 12.3. The molecule has 61 heavy (non-hydrogen) atoms. The van der Waals surface area contributed by atoms with Gasteiger partial charge in [0.15, 0.2) is 7.98 Å². The molecule has 17 heteroatoms. The highest BCUT2D eigenvalue weighted by molar-refractivity contribution is 6.04. The van der Waals surface area contributed by atoms with Crippen LogP contribution in [0.1, 0.15) is 201 Å². The number of hydrogen-bond donors (Lipinski definition) is 9. The summed E-state index contributed by atoms with van der Waals surface area (Å²) in [5.74, 6) is -2.65. The van der Waals surface area contributed by atoms with Crippen molar-refractivity contribution in [2.24, 2.45) is 5.73 Å². The highest BCUT2D eigenvalue weighted by Gasteiger charge is 2.21. The summed E-state index contributed by atoms with van der Waals surface area (Å²) in [4.78, 5) is 79.4. The van der Waals surface area contributed by atoms with Crippen LogP contribution < -0.4 is 32.2 Å². The van der Waals surface area contributed by atoms with Crippen LogP contribution in [-0.2, 0) is 33.6 Å². The molecule has 0 aromatic rings. The van der Waals surface area contributed by atoms with Crippen molar-refractivity contribution >= 4 is 50.0 Å². The van der Waals surface area contributed by atoms with Crippen molar-refractivity contribution in [3.63, 3.8) is 0 Å². The van der Waals surface area contributed by atoms with Crippen molar-refractivity contribution in [2.45, 2.75) is 219 Å². The number of unbranched alkanes of at least 4 members (excludes halogenated alkanes) is 17. The van der Waals surface area contributed by atoms with Gasteiger partial charge in [0.25, 0.3) is 6.47 Å². The molecule has 354 valence electrons. The molecule has 0 aromatic carbocycles. The van der Waals surface area contributed by atoms with Crippen LogP contribution in [0.25, 0.3) is 0 Å². The Morgan fingerprint density at radius 2 is 0.918 bits per heavy atom. The third-order valence-electron chi connectivity index (χ3n) is 9.99. The van der Waals surface area contributed by atoms with Gasteiger partial charge in [-0.15, -0.1) is 0 Å². The zero-order valence-electron chi connectivity index (χ0n) is 38.1. The Bertz CT molecular complexity index is 1120. The fraction of sp³-hybridized carbons (Fsp3) is 0.841. The third kappa shape index (κ3) is 47.2. The molecule has 0 aliphatic rings. The number of aliphatic carboxylic acids is 2. The summed E-state index contributed by atoms with van der Waals surface area (Å²) in [5.41, 5.74) is 6.02. The van der Waals surface area contributed by atoms with Crippen molar-refractivity contribution in [1.82, 2.24) is 26.5 Å². The van der Waals surface area contributed by atoms with Gasteiger partial charge in [-0.2, -0.15) is 0 Å². The van der Waals surface area contributed by atoms with Gasteiger partial charge in [-0.05, 0) is 70.3 Å². The summed E-state index contributed by atoms with van der Waals surface area (Å²) in [6.07, 6.45) is 23.1. The molecule has 0 aliphatic carbocycles. The number of nitrogens with one attached hydrogen (secondary N) is 5. The summed E-state index contributed by atoms with van der Waals surface area (Å²) in [5, 5.41) is 38.9. The van der Waals surface area contributed by atoms with Crippen LogP contribution in [0.5, 0.6) is 0 Å². The van der Waals surface area contributed by atoms with Crippen LogP contribution in [0, 0.1) is 0 Å². The van der Waals surface area contributed by atoms with E-state index in [0.29, 0.717) is 51.7 Å². The molecule has 0 rings (SSSR count). The molecule has 0 heterocycles. The van der Waals surface area contributed by atoms with Gasteiger partial charge in [0.1, 0.15) is 6.04 Å². The Morgan fingerprint density at radius 3 is 1.38 bits per heavy atom. The van der Waals surface area contributed by atoms with Crippen molar-refractivity contribution in [3.05, 3.63) is 0 Å². The number of hydrogen-bond acceptors (Lipinski definition) is 9. The molecule has 0 saturated carbocycles. The molecule has 16 nitrogen and oxygen atoms in total. The molecule has 2 unspecified atom stereocenters. The van der Waals surface area contributed by atoms with Gasteiger partial charge < -0.3 is 47.5 Å². The zero-order chi connectivity index (χ0) is 46.4. The first kappa shape index (κ1) is 61.6. The Kier molecular flexibility index (Phi) is 47.8. The van der Waals surface area contributed by atoms with Crippen molar-refractivity contribution in [2.75, 3.05) is 19.6 Å². The first-order valence-electron chi connectivity index (χ1n) is 23.2. The Morgan fingerprint density at radius 1 is 0.541 bits per heavy atom. The Labute approximate surface area is 368 Å². The van der Waals surface area contributed by atoms with Gasteiger partial charge in [0.05, 0.1) is 6.04 Å². The lowest BCUT2D eigenvalue weighted by Crippen LogP contribution is -2.41. The van der Waals surface area contributed by atoms with E-state index in [2.05, 4.69) is 26.5 Å². The second kappa shape index (κ2) is 47.3. The summed E-state index contributed by atoms with van der Waals surface area (Å²) in [7, 11) is 5.37. The van der Waals surface area contributed by atoms with Crippen LogP contribution in [0.2, 0.25) is 0 Å². The predicted octanol–water partition coefficient (Wildman–Crippen LogP) is 6.03. The van der Waals surface area contributed by atoms with Crippen LogP contribution in [0.15, 0.2) is 0 Å². The fourth-order valence-electron chi connectivity index (χ4n) is 6.32. The number of amides is 4. The Hall–Kier alpha value is -3.73. The molecule has 3 atom stereocenters. The van der Waals surface area contributed by atoms with Crippen LogP contribution >= 0.6 is 0 Å². The monoisotopic (exact) mass is 869 g/mol. The second-order valence-electron chi connectivity index (χ2n) is 15.4. The van der Waals surface area contributed by atoms with Gasteiger partial charge in [0.2, 0.25) is 23.6 Å². The molecule has 2 radical (unpaired) electrons. The fourth-order valence-corrected chi connectivity index (χ4v) is 6.32. The molecular formula is C44H85BN6O10. The van der Waals surface area contributed by atoms with Crippen molar-refractivity contribution in [3.8, 4) is 0 Å². The highest BCUT2D eigenvalue weighted by atomic mass is 16.4. The number of carbonyl (C=O) groups excluding carboxylic acids is 4. The molecule has 0 fully saturated rings. The quantitative estimate of drug-likeness (QED) is 0.0194. The summed E-state index contributed by atoms with van der Waals surface area (Å²) in [6, 6.07) is -1.49. The smallest absolute Gasteiger partial charge is 0.326 e. The highest BCUT2D eigenvalue weighted by Crippen LogP contribution is 2.14. The Balaban J connectivity index is -0.00000641. The molecule has 0 aromatic heterocycles. The minimum atomic E-state index is -1.16. The second-order valence-corrected chi connectivity index (χ2v) is 15.4. The average molecular weight is 869 g/mol. The molecule has 0 aliphatic heterocycles. The van der Waals surface area contributed by atoms with E-state index in [0.717, 1.165) is 77.0 Å². The van der Waals surface area contributed by atoms with E-state index in [9.17, 15) is 33.9 Å². The van der Waals surface area contributed by atoms with E-state index < -0.39 is 24.0 Å². The SMILES string of the molecule is CC.O=CO.[B]NC(C)CCCCNC(=O)CCCCCNC(=O)C(N)CCCCNC(=O)CC[C@H](NC(=O)CCCCCCCCCCCCCCCCC(=O)O)C(=O)O. The van der Waals surface area contributed by atoms with Crippen molar-refractivity contribution in [1.29, 1.82) is 0 Å². The van der Waals surface area contributed by atoms with E-state index in [-0.39, 0.29) is 61.8 Å². The van der Waals surface area contributed by atoms with E-state index in [1.165, 1.54) is 44.9 Å². The number of carboxylic acid groups (broad SMARTS) is 3. The molecule has 0 saturated heterocycles. The number of carboxylic acids is 2. The lowest BCUT2D eigenvalue weighted by atomic mass is 10.0. The number of rotatable bonds is 40. The lowest BCUT2D eigenvalue weighted by molar-refractivity contribution is -0.142. The summed E-state index contributed by atoms with van der Waals surface area (Å²) in [6.45, 7) is 7.32. The molecule has 4 amide bonds. The van der Waals surface area contributed by atoms with Crippen LogP contribution in [-0.4, -0.2) is 103 Å². The first-order valence-corrected chi connectivity index (χ1v) is 23.2. The van der Waals surface area contributed by atoms with Gasteiger partial charge in [0, 0.05) is 45.3 Å². The average Bonchev–Trinajstić information content (AvgIpc) is 3.23. The molecule has 10 N–H and O–H groups in total. The van der Waals surface area contributed by atoms with E-state index in [1.807, 2.05) is 20.8 Å². The summed E-state index contributed by atoms with van der Waals surface area (Å²) < 4.78 is 0. The van der Waals surface area contributed by atoms with Gasteiger partial charge in [-0.25, -0.2) is 4.79 Å². The molecular weight excluding hydrogens is 783 g/mol. The molecule has 0 bridgehead atoms. The van der Waals surface area contributed by atoms with Crippen LogP contribution in [0.4, 0.5) is 0 Å². The largest absolute Gasteiger partial charge is 0.483 e. The van der Waals surface area contributed by atoms with E-state index in [4.69, 9.17) is 28.7 Å². The number of nitrogens with two attached hydrogens (primary N) is 1. The van der Waals surface area contributed by atoms with Gasteiger partial charge >= 0.3 is 11.9 Å². The van der Waals surface area contributed by atoms with Gasteiger partial charge in [-0.1, -0.05) is 111 Å². The van der Waals surface area contributed by atoms with E-state index in [1.54, 1.807) is 0 Å². The van der Waals surface area contributed by atoms with Crippen molar-refractivity contribution < 1.29 is 48.9 Å². The maximum Gasteiger partial charge on any atom is 0.326 e. The minimum Gasteiger partial charge on any atom is -0.483 e. The zero-order valence-corrected chi connectivity index (χ0v) is 38.1. The normalized spacial score (nSPS) is 11.9. The third-order valence-corrected chi connectivity index (χ3v) is 9.99. The lowest BCUT2D eigenvalue weighted by Gasteiger charge is -2.15. The summed E-state index contributed by atoms with van der Waals surface area (Å²) >= 11 is 0. The molecule has 0 spiro atoms. The van der Waals surface area contributed by atoms with Crippen LogP contribution in [0.3, 0.4) is 0 Å².